The average molecular weight is 218 g/mol. The number of amides is 3. The average Bonchev–Trinajstić information content (AvgIpc) is 2.52. The minimum atomic E-state index is -0.771. The second-order valence-electron chi connectivity index (χ2n) is 4.09. The van der Waals surface area contributed by atoms with Gasteiger partial charge < -0.3 is 5.32 Å². The quantitative estimate of drug-likeness (QED) is 0.771. The standard InChI is InChI=1S/C12H14N2O2/c1-3-12(2)10(15)14(11(16)13-12)9-7-5-4-6-8-9/h4-8H,3H2,1-2H3,(H,13,16). The molecule has 1 unspecified atom stereocenters. The maximum atomic E-state index is 12.1. The van der Waals surface area contributed by atoms with Crippen molar-refractivity contribution in [3.05, 3.63) is 30.3 Å². The summed E-state index contributed by atoms with van der Waals surface area (Å²) in [5, 5.41) is 2.72. The Morgan fingerprint density at radius 3 is 2.38 bits per heavy atom. The summed E-state index contributed by atoms with van der Waals surface area (Å²) in [5.74, 6) is -0.189. The van der Waals surface area contributed by atoms with Crippen LogP contribution in [0.2, 0.25) is 0 Å². The molecule has 0 aliphatic carbocycles. The van der Waals surface area contributed by atoms with Crippen molar-refractivity contribution in [2.24, 2.45) is 0 Å². The minimum Gasteiger partial charge on any atom is -0.323 e. The molecule has 3 amide bonds. The summed E-state index contributed by atoms with van der Waals surface area (Å²) in [4.78, 5) is 25.1. The van der Waals surface area contributed by atoms with Gasteiger partial charge in [0.15, 0.2) is 0 Å². The van der Waals surface area contributed by atoms with E-state index in [2.05, 4.69) is 5.32 Å². The van der Waals surface area contributed by atoms with E-state index in [-0.39, 0.29) is 11.9 Å². The molecule has 1 aliphatic heterocycles. The molecule has 1 aromatic rings. The smallest absolute Gasteiger partial charge is 0.323 e. The molecular weight excluding hydrogens is 204 g/mol. The Kier molecular flexibility index (Phi) is 2.42. The highest BCUT2D eigenvalue weighted by Gasteiger charge is 2.47. The molecular formula is C12H14N2O2. The number of rotatable bonds is 2. The monoisotopic (exact) mass is 218 g/mol. The Morgan fingerprint density at radius 1 is 1.25 bits per heavy atom. The van der Waals surface area contributed by atoms with Crippen LogP contribution in [0.1, 0.15) is 20.3 Å². The summed E-state index contributed by atoms with van der Waals surface area (Å²) < 4.78 is 0. The first-order valence-electron chi connectivity index (χ1n) is 5.30. The lowest BCUT2D eigenvalue weighted by Gasteiger charge is -2.19. The predicted molar refractivity (Wildman–Crippen MR) is 61.2 cm³/mol. The Labute approximate surface area is 94.2 Å². The number of imide groups is 1. The number of carbonyl (C=O) groups is 2. The van der Waals surface area contributed by atoms with Gasteiger partial charge in [-0.05, 0) is 25.5 Å². The first kappa shape index (κ1) is 10.7. The summed E-state index contributed by atoms with van der Waals surface area (Å²) in [5.41, 5.74) is -0.158. The van der Waals surface area contributed by atoms with Crippen LogP contribution in [0, 0.1) is 0 Å². The highest BCUT2D eigenvalue weighted by molar-refractivity contribution is 6.23. The summed E-state index contributed by atoms with van der Waals surface area (Å²) >= 11 is 0. The third-order valence-corrected chi connectivity index (χ3v) is 2.98. The molecule has 4 nitrogen and oxygen atoms in total. The molecule has 0 bridgehead atoms. The van der Waals surface area contributed by atoms with Gasteiger partial charge in [0.05, 0.1) is 5.69 Å². The van der Waals surface area contributed by atoms with E-state index in [1.807, 2.05) is 13.0 Å². The van der Waals surface area contributed by atoms with E-state index in [9.17, 15) is 9.59 Å². The Morgan fingerprint density at radius 2 is 1.88 bits per heavy atom. The fourth-order valence-corrected chi connectivity index (χ4v) is 1.74. The second-order valence-corrected chi connectivity index (χ2v) is 4.09. The molecule has 1 N–H and O–H groups in total. The van der Waals surface area contributed by atoms with Crippen molar-refractivity contribution in [3.63, 3.8) is 0 Å². The number of benzene rings is 1. The number of hydrogen-bond acceptors (Lipinski definition) is 2. The molecule has 0 spiro atoms. The minimum absolute atomic E-state index is 0.189. The van der Waals surface area contributed by atoms with Crippen LogP contribution in [0.25, 0.3) is 0 Å². The van der Waals surface area contributed by atoms with Crippen molar-refractivity contribution in [2.45, 2.75) is 25.8 Å². The number of hydrogen-bond donors (Lipinski definition) is 1. The van der Waals surface area contributed by atoms with Gasteiger partial charge in [-0.15, -0.1) is 0 Å². The van der Waals surface area contributed by atoms with Crippen LogP contribution in [0.15, 0.2) is 30.3 Å². The molecule has 0 aromatic heterocycles. The van der Waals surface area contributed by atoms with E-state index in [1.165, 1.54) is 4.90 Å². The topological polar surface area (TPSA) is 49.4 Å². The fraction of sp³-hybridized carbons (Fsp3) is 0.333. The first-order chi connectivity index (χ1) is 7.58. The maximum Gasteiger partial charge on any atom is 0.329 e. The Hall–Kier alpha value is -1.84. The molecule has 0 radical (unpaired) electrons. The van der Waals surface area contributed by atoms with E-state index in [0.717, 1.165) is 0 Å². The Balaban J connectivity index is 2.38. The van der Waals surface area contributed by atoms with Gasteiger partial charge >= 0.3 is 6.03 Å². The molecule has 0 saturated carbocycles. The van der Waals surface area contributed by atoms with Crippen LogP contribution >= 0.6 is 0 Å². The number of urea groups is 1. The van der Waals surface area contributed by atoms with Gasteiger partial charge in [0.25, 0.3) is 5.91 Å². The number of anilines is 1. The third kappa shape index (κ3) is 1.46. The zero-order chi connectivity index (χ0) is 11.8. The Bertz CT molecular complexity index is 430. The molecule has 1 fully saturated rings. The van der Waals surface area contributed by atoms with Crippen LogP contribution in [0.4, 0.5) is 10.5 Å². The summed E-state index contributed by atoms with van der Waals surface area (Å²) in [7, 11) is 0. The van der Waals surface area contributed by atoms with Crippen molar-refractivity contribution < 1.29 is 9.59 Å². The maximum absolute atomic E-state index is 12.1. The van der Waals surface area contributed by atoms with Crippen LogP contribution in [0.3, 0.4) is 0 Å². The molecule has 1 heterocycles. The molecule has 16 heavy (non-hydrogen) atoms. The lowest BCUT2D eigenvalue weighted by atomic mass is 9.99. The first-order valence-corrected chi connectivity index (χ1v) is 5.30. The van der Waals surface area contributed by atoms with E-state index in [1.54, 1.807) is 31.2 Å². The van der Waals surface area contributed by atoms with E-state index in [0.29, 0.717) is 12.1 Å². The molecule has 1 aromatic carbocycles. The number of nitrogens with one attached hydrogen (secondary N) is 1. The number of nitrogens with zero attached hydrogens (tertiary/aromatic N) is 1. The molecule has 4 heteroatoms. The predicted octanol–water partition coefficient (Wildman–Crippen LogP) is 1.91. The SMILES string of the molecule is CCC1(C)NC(=O)N(c2ccccc2)C1=O. The van der Waals surface area contributed by atoms with Crippen LogP contribution in [0.5, 0.6) is 0 Å². The van der Waals surface area contributed by atoms with Crippen molar-refractivity contribution in [1.29, 1.82) is 0 Å². The van der Waals surface area contributed by atoms with Crippen molar-refractivity contribution in [2.75, 3.05) is 4.90 Å². The summed E-state index contributed by atoms with van der Waals surface area (Å²) in [6.07, 6.45) is 0.584. The normalized spacial score (nSPS) is 24.8. The van der Waals surface area contributed by atoms with Gasteiger partial charge in [-0.3, -0.25) is 4.79 Å². The van der Waals surface area contributed by atoms with Crippen molar-refractivity contribution in [3.8, 4) is 0 Å². The molecule has 1 saturated heterocycles. The van der Waals surface area contributed by atoms with Gasteiger partial charge in [-0.2, -0.15) is 0 Å². The van der Waals surface area contributed by atoms with Gasteiger partial charge in [0, 0.05) is 0 Å². The van der Waals surface area contributed by atoms with Gasteiger partial charge in [-0.1, -0.05) is 25.1 Å². The largest absolute Gasteiger partial charge is 0.329 e. The lowest BCUT2D eigenvalue weighted by Crippen LogP contribution is -2.43. The number of para-hydroxylation sites is 1. The highest BCUT2D eigenvalue weighted by atomic mass is 16.2. The summed E-state index contributed by atoms with van der Waals surface area (Å²) in [6.45, 7) is 3.63. The van der Waals surface area contributed by atoms with Gasteiger partial charge in [0.2, 0.25) is 0 Å². The number of carbonyl (C=O) groups excluding carboxylic acids is 2. The van der Waals surface area contributed by atoms with Gasteiger partial charge in [0.1, 0.15) is 5.54 Å². The molecule has 1 aliphatic rings. The van der Waals surface area contributed by atoms with E-state index >= 15 is 0 Å². The molecule has 1 atom stereocenters. The summed E-state index contributed by atoms with van der Waals surface area (Å²) in [6, 6.07) is 8.61. The fourth-order valence-electron chi connectivity index (χ4n) is 1.74. The van der Waals surface area contributed by atoms with Gasteiger partial charge in [-0.25, -0.2) is 9.69 Å². The zero-order valence-electron chi connectivity index (χ0n) is 9.36. The third-order valence-electron chi connectivity index (χ3n) is 2.98. The van der Waals surface area contributed by atoms with E-state index < -0.39 is 5.54 Å². The van der Waals surface area contributed by atoms with Crippen LogP contribution in [-0.4, -0.2) is 17.5 Å². The van der Waals surface area contributed by atoms with Crippen LogP contribution < -0.4 is 10.2 Å². The van der Waals surface area contributed by atoms with Crippen molar-refractivity contribution >= 4 is 17.6 Å². The lowest BCUT2D eigenvalue weighted by molar-refractivity contribution is -0.121. The van der Waals surface area contributed by atoms with E-state index in [4.69, 9.17) is 0 Å². The zero-order valence-corrected chi connectivity index (χ0v) is 9.36. The molecule has 84 valence electrons. The second kappa shape index (κ2) is 3.63. The van der Waals surface area contributed by atoms with Crippen LogP contribution in [-0.2, 0) is 4.79 Å². The van der Waals surface area contributed by atoms with Crippen molar-refractivity contribution in [1.82, 2.24) is 5.32 Å². The molecule has 2 rings (SSSR count). The highest BCUT2D eigenvalue weighted by Crippen LogP contribution is 2.26.